The Hall–Kier alpha value is -2.05. The second kappa shape index (κ2) is 6.63. The minimum atomic E-state index is -1.03. The number of aromatic amines is 1. The van der Waals surface area contributed by atoms with Crippen LogP contribution in [0.4, 0.5) is 4.79 Å². The number of rotatable bonds is 6. The molecule has 0 aliphatic carbocycles. The molecule has 0 saturated carbocycles. The molecule has 0 radical (unpaired) electrons. The van der Waals surface area contributed by atoms with Gasteiger partial charge in [0.1, 0.15) is 6.04 Å². The van der Waals surface area contributed by atoms with Gasteiger partial charge in [0.2, 0.25) is 0 Å². The summed E-state index contributed by atoms with van der Waals surface area (Å²) in [4.78, 5) is 22.5. The monoisotopic (exact) mass is 254 g/mol. The van der Waals surface area contributed by atoms with Crippen LogP contribution in [0.1, 0.15) is 25.8 Å². The standard InChI is InChI=1S/C11H18N4O3/c1-7(2)3-9(10(16)17)15-11(18)12-4-8-5-13-14-6-8/h5-7,9H,3-4H2,1-2H3,(H,13,14)(H,16,17)(H2,12,15,18)/t9-/m1/s1. The first-order valence-corrected chi connectivity index (χ1v) is 5.74. The number of carbonyl (C=O) groups is 2. The Kier molecular flexibility index (Phi) is 5.16. The van der Waals surface area contributed by atoms with E-state index in [1.165, 1.54) is 0 Å². The molecule has 1 atom stereocenters. The van der Waals surface area contributed by atoms with E-state index in [1.807, 2.05) is 13.8 Å². The molecule has 0 aromatic carbocycles. The number of urea groups is 1. The zero-order valence-electron chi connectivity index (χ0n) is 10.4. The average molecular weight is 254 g/mol. The van der Waals surface area contributed by atoms with Crippen molar-refractivity contribution in [2.24, 2.45) is 5.92 Å². The molecule has 0 fully saturated rings. The van der Waals surface area contributed by atoms with Gasteiger partial charge in [0.05, 0.1) is 6.20 Å². The average Bonchev–Trinajstić information content (AvgIpc) is 2.77. The van der Waals surface area contributed by atoms with Gasteiger partial charge in [-0.1, -0.05) is 13.8 Å². The van der Waals surface area contributed by atoms with Crippen molar-refractivity contribution >= 4 is 12.0 Å². The largest absolute Gasteiger partial charge is 0.480 e. The maximum Gasteiger partial charge on any atom is 0.326 e. The van der Waals surface area contributed by atoms with Crippen LogP contribution < -0.4 is 10.6 Å². The Morgan fingerprint density at radius 2 is 2.22 bits per heavy atom. The van der Waals surface area contributed by atoms with E-state index < -0.39 is 18.0 Å². The van der Waals surface area contributed by atoms with E-state index in [9.17, 15) is 9.59 Å². The molecule has 1 aromatic rings. The van der Waals surface area contributed by atoms with Gasteiger partial charge in [0.25, 0.3) is 0 Å². The van der Waals surface area contributed by atoms with Gasteiger partial charge < -0.3 is 15.7 Å². The van der Waals surface area contributed by atoms with Crippen LogP contribution in [0.5, 0.6) is 0 Å². The van der Waals surface area contributed by atoms with Crippen molar-refractivity contribution in [3.8, 4) is 0 Å². The highest BCUT2D eigenvalue weighted by Gasteiger charge is 2.20. The van der Waals surface area contributed by atoms with Crippen molar-refractivity contribution in [1.29, 1.82) is 0 Å². The second-order valence-electron chi connectivity index (χ2n) is 4.45. The lowest BCUT2D eigenvalue weighted by molar-refractivity contribution is -0.139. The zero-order valence-corrected chi connectivity index (χ0v) is 10.4. The van der Waals surface area contributed by atoms with Gasteiger partial charge in [-0.25, -0.2) is 9.59 Å². The number of carboxylic acids is 1. The van der Waals surface area contributed by atoms with E-state index in [1.54, 1.807) is 12.4 Å². The number of amides is 2. The normalized spacial score (nSPS) is 12.2. The fourth-order valence-corrected chi connectivity index (χ4v) is 1.46. The lowest BCUT2D eigenvalue weighted by Crippen LogP contribution is -2.46. The van der Waals surface area contributed by atoms with E-state index in [-0.39, 0.29) is 5.92 Å². The number of carbonyl (C=O) groups excluding carboxylic acids is 1. The molecular formula is C11H18N4O3. The van der Waals surface area contributed by atoms with Gasteiger partial charge in [0.15, 0.2) is 0 Å². The van der Waals surface area contributed by atoms with Gasteiger partial charge in [-0.05, 0) is 12.3 Å². The molecule has 1 rings (SSSR count). The number of nitrogens with zero attached hydrogens (tertiary/aromatic N) is 1. The SMILES string of the molecule is CC(C)C[C@@H](NC(=O)NCc1cn[nH]c1)C(=O)O. The van der Waals surface area contributed by atoms with Crippen LogP contribution in [0.15, 0.2) is 12.4 Å². The first-order valence-electron chi connectivity index (χ1n) is 5.74. The minimum Gasteiger partial charge on any atom is -0.480 e. The summed E-state index contributed by atoms with van der Waals surface area (Å²) in [5.74, 6) is -0.831. The van der Waals surface area contributed by atoms with Gasteiger partial charge in [-0.15, -0.1) is 0 Å². The first kappa shape index (κ1) is 14.0. The van der Waals surface area contributed by atoms with Gasteiger partial charge in [-0.2, -0.15) is 5.10 Å². The number of aromatic nitrogens is 2. The summed E-state index contributed by atoms with van der Waals surface area (Å²) in [7, 11) is 0. The van der Waals surface area contributed by atoms with Gasteiger partial charge in [-0.3, -0.25) is 5.10 Å². The Bertz CT molecular complexity index is 389. The van der Waals surface area contributed by atoms with Crippen LogP contribution in [0.25, 0.3) is 0 Å². The fraction of sp³-hybridized carbons (Fsp3) is 0.545. The Morgan fingerprint density at radius 1 is 1.50 bits per heavy atom. The van der Waals surface area contributed by atoms with Gasteiger partial charge in [0, 0.05) is 18.3 Å². The van der Waals surface area contributed by atoms with Crippen LogP contribution >= 0.6 is 0 Å². The molecule has 7 heteroatoms. The highest BCUT2D eigenvalue weighted by Crippen LogP contribution is 2.04. The van der Waals surface area contributed by atoms with Crippen molar-refractivity contribution in [2.75, 3.05) is 0 Å². The summed E-state index contributed by atoms with van der Waals surface area (Å²) in [6.07, 6.45) is 3.64. The molecule has 2 amide bonds. The van der Waals surface area contributed by atoms with Crippen molar-refractivity contribution in [2.45, 2.75) is 32.9 Å². The van der Waals surface area contributed by atoms with Crippen LogP contribution in [-0.4, -0.2) is 33.3 Å². The molecule has 18 heavy (non-hydrogen) atoms. The minimum absolute atomic E-state index is 0.195. The second-order valence-corrected chi connectivity index (χ2v) is 4.45. The molecule has 0 aliphatic heterocycles. The molecule has 7 nitrogen and oxygen atoms in total. The summed E-state index contributed by atoms with van der Waals surface area (Å²) < 4.78 is 0. The van der Waals surface area contributed by atoms with Gasteiger partial charge >= 0.3 is 12.0 Å². The maximum absolute atomic E-state index is 11.5. The number of H-pyrrole nitrogens is 1. The Morgan fingerprint density at radius 3 is 2.72 bits per heavy atom. The van der Waals surface area contributed by atoms with Crippen LogP contribution in [0.2, 0.25) is 0 Å². The number of hydrogen-bond acceptors (Lipinski definition) is 3. The molecule has 1 aromatic heterocycles. The summed E-state index contributed by atoms with van der Waals surface area (Å²) in [5, 5.41) is 20.3. The van der Waals surface area contributed by atoms with Crippen molar-refractivity contribution in [1.82, 2.24) is 20.8 Å². The van der Waals surface area contributed by atoms with Crippen LogP contribution in [-0.2, 0) is 11.3 Å². The first-order chi connectivity index (χ1) is 8.49. The smallest absolute Gasteiger partial charge is 0.326 e. The third-order valence-corrected chi connectivity index (χ3v) is 2.32. The summed E-state index contributed by atoms with van der Waals surface area (Å²) in [6, 6.07) is -1.36. The predicted molar refractivity (Wildman–Crippen MR) is 64.8 cm³/mol. The predicted octanol–water partition coefficient (Wildman–Crippen LogP) is 0.708. The van der Waals surface area contributed by atoms with E-state index in [0.29, 0.717) is 13.0 Å². The number of hydrogen-bond donors (Lipinski definition) is 4. The molecule has 0 unspecified atom stereocenters. The summed E-state index contributed by atoms with van der Waals surface area (Å²) in [5.41, 5.74) is 0.820. The van der Waals surface area contributed by atoms with Crippen molar-refractivity contribution in [3.63, 3.8) is 0 Å². The molecule has 1 heterocycles. The fourth-order valence-electron chi connectivity index (χ4n) is 1.46. The molecule has 0 aliphatic rings. The zero-order chi connectivity index (χ0) is 13.5. The molecule has 0 bridgehead atoms. The van der Waals surface area contributed by atoms with E-state index in [2.05, 4.69) is 20.8 Å². The van der Waals surface area contributed by atoms with E-state index in [0.717, 1.165) is 5.56 Å². The lowest BCUT2D eigenvalue weighted by atomic mass is 10.0. The summed E-state index contributed by atoms with van der Waals surface area (Å²) >= 11 is 0. The highest BCUT2D eigenvalue weighted by atomic mass is 16.4. The van der Waals surface area contributed by atoms with Crippen molar-refractivity contribution in [3.05, 3.63) is 18.0 Å². The molecule has 0 saturated heterocycles. The summed E-state index contributed by atoms with van der Waals surface area (Å²) in [6.45, 7) is 4.11. The number of carboxylic acid groups (broad SMARTS) is 1. The number of nitrogens with one attached hydrogen (secondary N) is 3. The topological polar surface area (TPSA) is 107 Å². The third kappa shape index (κ3) is 4.86. The molecule has 0 spiro atoms. The molecule has 4 N–H and O–H groups in total. The molecular weight excluding hydrogens is 236 g/mol. The third-order valence-electron chi connectivity index (χ3n) is 2.32. The van der Waals surface area contributed by atoms with Crippen LogP contribution in [0, 0.1) is 5.92 Å². The number of aliphatic carboxylic acids is 1. The Labute approximate surface area is 105 Å². The van der Waals surface area contributed by atoms with E-state index >= 15 is 0 Å². The Balaban J connectivity index is 2.39. The molecule has 100 valence electrons. The van der Waals surface area contributed by atoms with Crippen LogP contribution in [0.3, 0.4) is 0 Å². The quantitative estimate of drug-likeness (QED) is 0.599. The highest BCUT2D eigenvalue weighted by molar-refractivity contribution is 5.82. The van der Waals surface area contributed by atoms with E-state index in [4.69, 9.17) is 5.11 Å². The lowest BCUT2D eigenvalue weighted by Gasteiger charge is -2.16. The van der Waals surface area contributed by atoms with Crippen molar-refractivity contribution < 1.29 is 14.7 Å². The maximum atomic E-state index is 11.5.